The maximum absolute atomic E-state index is 12.5. The van der Waals surface area contributed by atoms with E-state index in [0.29, 0.717) is 0 Å². The summed E-state index contributed by atoms with van der Waals surface area (Å²) in [5, 5.41) is 2.27. The van der Waals surface area contributed by atoms with Gasteiger partial charge in [0.05, 0.1) is 12.7 Å². The van der Waals surface area contributed by atoms with Gasteiger partial charge in [0.25, 0.3) is 0 Å². The summed E-state index contributed by atoms with van der Waals surface area (Å²) in [7, 11) is 1.16. The Morgan fingerprint density at radius 1 is 1.38 bits per heavy atom. The first-order valence-electron chi connectivity index (χ1n) is 5.63. The molecule has 1 aromatic rings. The highest BCUT2D eigenvalue weighted by Crippen LogP contribution is 2.32. The molecule has 1 amide bonds. The number of rotatable bonds is 4. The number of benzene rings is 1. The van der Waals surface area contributed by atoms with Crippen molar-refractivity contribution in [2.24, 2.45) is 0 Å². The van der Waals surface area contributed by atoms with Crippen LogP contribution in [0.5, 0.6) is 0 Å². The number of nitrogens with one attached hydrogen (secondary N) is 1. The zero-order chi connectivity index (χ0) is 16.0. The van der Waals surface area contributed by atoms with E-state index < -0.39 is 23.6 Å². The minimum atomic E-state index is -4.50. The lowest BCUT2D eigenvalue weighted by Gasteiger charge is -2.08. The van der Waals surface area contributed by atoms with Crippen LogP contribution in [0.15, 0.2) is 24.3 Å². The van der Waals surface area contributed by atoms with Gasteiger partial charge in [-0.1, -0.05) is 11.6 Å². The van der Waals surface area contributed by atoms with Crippen LogP contribution in [0.4, 0.5) is 13.2 Å². The summed E-state index contributed by atoms with van der Waals surface area (Å²) in [5.41, 5.74) is -0.832. The number of carbonyl (C=O) groups is 2. The summed E-state index contributed by atoms with van der Waals surface area (Å²) in [5.74, 6) is -1.30. The van der Waals surface area contributed by atoms with Gasteiger partial charge in [-0.05, 0) is 29.8 Å². The van der Waals surface area contributed by atoms with E-state index in [-0.39, 0.29) is 17.1 Å². The molecule has 0 radical (unpaired) electrons. The molecular weight excluding hydrogens is 311 g/mol. The van der Waals surface area contributed by atoms with Gasteiger partial charge < -0.3 is 10.1 Å². The zero-order valence-electron chi connectivity index (χ0n) is 10.8. The van der Waals surface area contributed by atoms with Crippen LogP contribution in [0.1, 0.15) is 11.1 Å². The summed E-state index contributed by atoms with van der Waals surface area (Å²) >= 11 is 5.76. The molecule has 8 heteroatoms. The van der Waals surface area contributed by atoms with Crippen molar-refractivity contribution >= 4 is 29.6 Å². The Balaban J connectivity index is 2.80. The van der Waals surface area contributed by atoms with E-state index in [1.54, 1.807) is 0 Å². The Labute approximate surface area is 123 Å². The molecule has 0 spiro atoms. The minimum absolute atomic E-state index is 0.0414. The van der Waals surface area contributed by atoms with Crippen LogP contribution in [-0.4, -0.2) is 25.5 Å². The van der Waals surface area contributed by atoms with Crippen molar-refractivity contribution in [1.29, 1.82) is 0 Å². The monoisotopic (exact) mass is 321 g/mol. The van der Waals surface area contributed by atoms with Crippen LogP contribution in [0.2, 0.25) is 5.02 Å². The molecule has 4 nitrogen and oxygen atoms in total. The lowest BCUT2D eigenvalue weighted by Crippen LogP contribution is -2.28. The van der Waals surface area contributed by atoms with E-state index in [1.165, 1.54) is 0 Å². The average molecular weight is 322 g/mol. The SMILES string of the molecule is COC(=O)CNC(=O)/C=C/c1cc(C(F)(F)F)ccc1Cl. The summed E-state index contributed by atoms with van der Waals surface area (Å²) in [6, 6.07) is 2.76. The first kappa shape index (κ1) is 17.0. The first-order chi connectivity index (χ1) is 9.74. The van der Waals surface area contributed by atoms with Crippen molar-refractivity contribution in [3.8, 4) is 0 Å². The summed E-state index contributed by atoms with van der Waals surface area (Å²) < 4.78 is 42.0. The van der Waals surface area contributed by atoms with E-state index in [4.69, 9.17) is 11.6 Å². The van der Waals surface area contributed by atoms with E-state index in [9.17, 15) is 22.8 Å². The number of carbonyl (C=O) groups excluding carboxylic acids is 2. The molecule has 0 bridgehead atoms. The van der Waals surface area contributed by atoms with Gasteiger partial charge >= 0.3 is 12.1 Å². The van der Waals surface area contributed by atoms with E-state index >= 15 is 0 Å². The van der Waals surface area contributed by atoms with Crippen LogP contribution >= 0.6 is 11.6 Å². The molecule has 0 fully saturated rings. The molecule has 21 heavy (non-hydrogen) atoms. The lowest BCUT2D eigenvalue weighted by molar-refractivity contribution is -0.140. The second kappa shape index (κ2) is 7.12. The molecule has 0 unspecified atom stereocenters. The molecule has 0 aromatic heterocycles. The Morgan fingerprint density at radius 3 is 2.62 bits per heavy atom. The van der Waals surface area contributed by atoms with Gasteiger partial charge in [0.15, 0.2) is 0 Å². The van der Waals surface area contributed by atoms with Gasteiger partial charge in [0.2, 0.25) is 5.91 Å². The van der Waals surface area contributed by atoms with Crippen LogP contribution < -0.4 is 5.32 Å². The van der Waals surface area contributed by atoms with Gasteiger partial charge in [-0.2, -0.15) is 13.2 Å². The Bertz CT molecular complexity index is 570. The number of esters is 1. The fourth-order valence-electron chi connectivity index (χ4n) is 1.30. The van der Waals surface area contributed by atoms with Gasteiger partial charge in [0, 0.05) is 11.1 Å². The summed E-state index contributed by atoms with van der Waals surface area (Å²) in [4.78, 5) is 22.2. The molecule has 0 saturated heterocycles. The highest BCUT2D eigenvalue weighted by molar-refractivity contribution is 6.32. The fraction of sp³-hybridized carbons (Fsp3) is 0.231. The van der Waals surface area contributed by atoms with Crippen LogP contribution in [0.3, 0.4) is 0 Å². The van der Waals surface area contributed by atoms with Crippen molar-refractivity contribution in [2.45, 2.75) is 6.18 Å². The Morgan fingerprint density at radius 2 is 2.05 bits per heavy atom. The van der Waals surface area contributed by atoms with Crippen LogP contribution in [0.25, 0.3) is 6.08 Å². The average Bonchev–Trinajstić information content (AvgIpc) is 2.42. The Hall–Kier alpha value is -2.02. The summed E-state index contributed by atoms with van der Waals surface area (Å²) in [6.07, 6.45) is -2.39. The van der Waals surface area contributed by atoms with Gasteiger partial charge in [-0.25, -0.2) is 0 Å². The summed E-state index contributed by atoms with van der Waals surface area (Å²) in [6.45, 7) is -0.337. The van der Waals surface area contributed by atoms with Gasteiger partial charge in [-0.15, -0.1) is 0 Å². The van der Waals surface area contributed by atoms with Crippen molar-refractivity contribution < 1.29 is 27.5 Å². The topological polar surface area (TPSA) is 55.4 Å². The number of amides is 1. The first-order valence-corrected chi connectivity index (χ1v) is 6.01. The highest BCUT2D eigenvalue weighted by Gasteiger charge is 2.30. The Kier molecular flexibility index (Phi) is 5.78. The number of ether oxygens (including phenoxy) is 1. The van der Waals surface area contributed by atoms with Crippen LogP contribution in [-0.2, 0) is 20.5 Å². The molecule has 1 N–H and O–H groups in total. The smallest absolute Gasteiger partial charge is 0.416 e. The highest BCUT2D eigenvalue weighted by atomic mass is 35.5. The predicted octanol–water partition coefficient (Wildman–Crippen LogP) is 2.66. The van der Waals surface area contributed by atoms with Gasteiger partial charge in [-0.3, -0.25) is 9.59 Å². The molecule has 0 aliphatic rings. The zero-order valence-corrected chi connectivity index (χ0v) is 11.6. The third-order valence-corrected chi connectivity index (χ3v) is 2.72. The second-order valence-electron chi connectivity index (χ2n) is 3.86. The maximum Gasteiger partial charge on any atom is 0.416 e. The number of hydrogen-bond donors (Lipinski definition) is 1. The van der Waals surface area contributed by atoms with Crippen molar-refractivity contribution in [3.63, 3.8) is 0 Å². The van der Waals surface area contributed by atoms with E-state index in [0.717, 1.165) is 37.5 Å². The third-order valence-electron chi connectivity index (χ3n) is 2.37. The van der Waals surface area contributed by atoms with Crippen LogP contribution in [0, 0.1) is 0 Å². The van der Waals surface area contributed by atoms with E-state index in [1.807, 2.05) is 0 Å². The second-order valence-corrected chi connectivity index (χ2v) is 4.27. The number of hydrogen-bond acceptors (Lipinski definition) is 3. The number of halogens is 4. The number of alkyl halides is 3. The minimum Gasteiger partial charge on any atom is -0.468 e. The predicted molar refractivity (Wildman–Crippen MR) is 70.5 cm³/mol. The third kappa shape index (κ3) is 5.47. The quantitative estimate of drug-likeness (QED) is 0.685. The molecule has 114 valence electrons. The maximum atomic E-state index is 12.5. The molecule has 0 atom stereocenters. The van der Waals surface area contributed by atoms with Crippen molar-refractivity contribution in [2.75, 3.05) is 13.7 Å². The molecular formula is C13H11ClF3NO3. The normalized spacial score (nSPS) is 11.5. The fourth-order valence-corrected chi connectivity index (χ4v) is 1.48. The van der Waals surface area contributed by atoms with Gasteiger partial charge in [0.1, 0.15) is 6.54 Å². The largest absolute Gasteiger partial charge is 0.468 e. The van der Waals surface area contributed by atoms with E-state index in [2.05, 4.69) is 10.1 Å². The molecule has 1 aromatic carbocycles. The molecule has 0 saturated carbocycles. The molecule has 0 aliphatic heterocycles. The standard InChI is InChI=1S/C13H11ClF3NO3/c1-21-12(20)7-18-11(19)5-2-8-6-9(13(15,16)17)3-4-10(8)14/h2-6H,7H2,1H3,(H,18,19)/b5-2+. The molecule has 0 heterocycles. The number of methoxy groups -OCH3 is 1. The van der Waals surface area contributed by atoms with Crippen molar-refractivity contribution in [1.82, 2.24) is 5.32 Å². The lowest BCUT2D eigenvalue weighted by atomic mass is 10.1. The molecule has 1 rings (SSSR count). The van der Waals surface area contributed by atoms with Crippen molar-refractivity contribution in [3.05, 3.63) is 40.4 Å². The molecule has 0 aliphatic carbocycles.